The van der Waals surface area contributed by atoms with Gasteiger partial charge < -0.3 is 10.1 Å². The quantitative estimate of drug-likeness (QED) is 0.538. The summed E-state index contributed by atoms with van der Waals surface area (Å²) in [6.07, 6.45) is 4.06. The molecule has 2 heteroatoms. The van der Waals surface area contributed by atoms with Gasteiger partial charge in [0, 0.05) is 12.6 Å². The van der Waals surface area contributed by atoms with Gasteiger partial charge in [-0.15, -0.1) is 0 Å². The van der Waals surface area contributed by atoms with Crippen molar-refractivity contribution in [3.8, 4) is 0 Å². The molecule has 2 rings (SSSR count). The number of ether oxygens (including phenoxy) is 1. The fourth-order valence-electron chi connectivity index (χ4n) is 2.01. The number of hydrogen-bond donors (Lipinski definition) is 1. The summed E-state index contributed by atoms with van der Waals surface area (Å²) in [7, 11) is 0. The maximum Gasteiger partial charge on any atom is 0.0622 e. The molecule has 0 unspecified atom stereocenters. The van der Waals surface area contributed by atoms with Crippen LogP contribution < -0.4 is 5.32 Å². The maximum absolute atomic E-state index is 5.38. The van der Waals surface area contributed by atoms with E-state index in [1.165, 1.54) is 25.8 Å². The highest BCUT2D eigenvalue weighted by atomic mass is 16.5. The smallest absolute Gasteiger partial charge is 0.0622 e. The molecule has 0 aromatic carbocycles. The Hall–Kier alpha value is -0.0800. The SMILES string of the molecule is C1CN[C@@H]2COCC[C@H]2C1. The third-order valence-electron chi connectivity index (χ3n) is 2.66. The molecular formula is C8H15NO. The van der Waals surface area contributed by atoms with Crippen LogP contribution in [0.5, 0.6) is 0 Å². The minimum atomic E-state index is 0.683. The van der Waals surface area contributed by atoms with Crippen LogP contribution in [0.4, 0.5) is 0 Å². The summed E-state index contributed by atoms with van der Waals surface area (Å²) in [4.78, 5) is 0. The fraction of sp³-hybridized carbons (Fsp3) is 1.00. The fourth-order valence-corrected chi connectivity index (χ4v) is 2.01. The Balaban J connectivity index is 1.93. The van der Waals surface area contributed by atoms with Crippen molar-refractivity contribution >= 4 is 0 Å². The van der Waals surface area contributed by atoms with E-state index < -0.39 is 0 Å². The minimum Gasteiger partial charge on any atom is -0.380 e. The number of piperidine rings is 1. The number of nitrogens with one attached hydrogen (secondary N) is 1. The molecule has 0 aromatic rings. The van der Waals surface area contributed by atoms with Crippen LogP contribution in [0.2, 0.25) is 0 Å². The highest BCUT2D eigenvalue weighted by Gasteiger charge is 2.27. The van der Waals surface area contributed by atoms with E-state index in [2.05, 4.69) is 5.32 Å². The van der Waals surface area contributed by atoms with Gasteiger partial charge in [-0.05, 0) is 31.7 Å². The van der Waals surface area contributed by atoms with Crippen LogP contribution in [0.1, 0.15) is 19.3 Å². The Morgan fingerprint density at radius 3 is 3.20 bits per heavy atom. The normalized spacial score (nSPS) is 40.8. The molecule has 1 N–H and O–H groups in total. The van der Waals surface area contributed by atoms with Crippen molar-refractivity contribution in [3.63, 3.8) is 0 Å². The summed E-state index contributed by atoms with van der Waals surface area (Å²) in [6, 6.07) is 0.683. The monoisotopic (exact) mass is 141 g/mol. The molecule has 0 saturated carbocycles. The predicted molar refractivity (Wildman–Crippen MR) is 40.0 cm³/mol. The lowest BCUT2D eigenvalue weighted by atomic mass is 9.87. The van der Waals surface area contributed by atoms with Crippen molar-refractivity contribution in [1.82, 2.24) is 5.32 Å². The Morgan fingerprint density at radius 2 is 2.30 bits per heavy atom. The van der Waals surface area contributed by atoms with Crippen molar-refractivity contribution in [1.29, 1.82) is 0 Å². The van der Waals surface area contributed by atoms with Gasteiger partial charge in [-0.1, -0.05) is 0 Å². The van der Waals surface area contributed by atoms with Crippen LogP contribution in [0.3, 0.4) is 0 Å². The van der Waals surface area contributed by atoms with E-state index in [0.29, 0.717) is 6.04 Å². The molecule has 0 radical (unpaired) electrons. The largest absolute Gasteiger partial charge is 0.380 e. The van der Waals surface area contributed by atoms with Crippen molar-refractivity contribution in [2.75, 3.05) is 19.8 Å². The van der Waals surface area contributed by atoms with Gasteiger partial charge in [0.1, 0.15) is 0 Å². The summed E-state index contributed by atoms with van der Waals surface area (Å²) in [6.45, 7) is 3.14. The van der Waals surface area contributed by atoms with Crippen LogP contribution in [-0.4, -0.2) is 25.8 Å². The summed E-state index contributed by atoms with van der Waals surface area (Å²) < 4.78 is 5.38. The molecule has 10 heavy (non-hydrogen) atoms. The predicted octanol–water partition coefficient (Wildman–Crippen LogP) is 0.775. The molecule has 2 aliphatic heterocycles. The second-order valence-corrected chi connectivity index (χ2v) is 3.33. The summed E-state index contributed by atoms with van der Waals surface area (Å²) >= 11 is 0. The van der Waals surface area contributed by atoms with E-state index in [4.69, 9.17) is 4.74 Å². The Kier molecular flexibility index (Phi) is 1.91. The number of rotatable bonds is 0. The molecule has 0 amide bonds. The average Bonchev–Trinajstić information content (AvgIpc) is 2.05. The van der Waals surface area contributed by atoms with Crippen molar-refractivity contribution in [2.45, 2.75) is 25.3 Å². The Labute approximate surface area is 61.9 Å². The highest BCUT2D eigenvalue weighted by Crippen LogP contribution is 2.23. The van der Waals surface area contributed by atoms with E-state index in [9.17, 15) is 0 Å². The second kappa shape index (κ2) is 2.89. The zero-order valence-electron chi connectivity index (χ0n) is 6.31. The van der Waals surface area contributed by atoms with E-state index in [1.54, 1.807) is 0 Å². The van der Waals surface area contributed by atoms with Crippen LogP contribution in [0.25, 0.3) is 0 Å². The molecule has 2 atom stereocenters. The standard InChI is InChI=1S/C8H15NO/c1-2-7-3-5-10-6-8(7)9-4-1/h7-9H,1-6H2/t7-,8-/m1/s1. The van der Waals surface area contributed by atoms with E-state index in [0.717, 1.165) is 19.1 Å². The molecule has 2 nitrogen and oxygen atoms in total. The van der Waals surface area contributed by atoms with Crippen LogP contribution in [-0.2, 0) is 4.74 Å². The van der Waals surface area contributed by atoms with Gasteiger partial charge >= 0.3 is 0 Å². The third kappa shape index (κ3) is 1.18. The Morgan fingerprint density at radius 1 is 1.30 bits per heavy atom. The lowest BCUT2D eigenvalue weighted by Gasteiger charge is -2.35. The van der Waals surface area contributed by atoms with Gasteiger partial charge in [-0.3, -0.25) is 0 Å². The molecule has 0 spiro atoms. The topological polar surface area (TPSA) is 21.3 Å². The lowest BCUT2D eigenvalue weighted by molar-refractivity contribution is 0.0232. The average molecular weight is 141 g/mol. The van der Waals surface area contributed by atoms with E-state index in [-0.39, 0.29) is 0 Å². The maximum atomic E-state index is 5.38. The number of hydrogen-bond acceptors (Lipinski definition) is 2. The number of fused-ring (bicyclic) bond motifs is 1. The molecule has 58 valence electrons. The molecular weight excluding hydrogens is 126 g/mol. The summed E-state index contributed by atoms with van der Waals surface area (Å²) in [5.41, 5.74) is 0. The first-order valence-electron chi connectivity index (χ1n) is 4.28. The zero-order chi connectivity index (χ0) is 6.81. The van der Waals surface area contributed by atoms with Crippen molar-refractivity contribution in [3.05, 3.63) is 0 Å². The van der Waals surface area contributed by atoms with Crippen LogP contribution in [0.15, 0.2) is 0 Å². The van der Waals surface area contributed by atoms with Gasteiger partial charge in [0.25, 0.3) is 0 Å². The van der Waals surface area contributed by atoms with Gasteiger partial charge in [0.05, 0.1) is 6.61 Å². The van der Waals surface area contributed by atoms with Crippen molar-refractivity contribution < 1.29 is 4.74 Å². The highest BCUT2D eigenvalue weighted by molar-refractivity contribution is 4.83. The molecule has 2 heterocycles. The van der Waals surface area contributed by atoms with Crippen LogP contribution in [0, 0.1) is 5.92 Å². The first kappa shape index (κ1) is 6.62. The Bertz CT molecular complexity index is 89.8. The van der Waals surface area contributed by atoms with E-state index in [1.807, 2.05) is 0 Å². The molecule has 0 aromatic heterocycles. The summed E-state index contributed by atoms with van der Waals surface area (Å²) in [5.74, 6) is 0.919. The van der Waals surface area contributed by atoms with Gasteiger partial charge in [-0.25, -0.2) is 0 Å². The second-order valence-electron chi connectivity index (χ2n) is 3.33. The molecule has 2 saturated heterocycles. The molecule has 2 aliphatic rings. The summed E-state index contributed by atoms with van der Waals surface area (Å²) in [5, 5.41) is 3.50. The first-order valence-corrected chi connectivity index (χ1v) is 4.28. The van der Waals surface area contributed by atoms with Gasteiger partial charge in [0.15, 0.2) is 0 Å². The molecule has 0 bridgehead atoms. The first-order chi connectivity index (χ1) is 4.97. The third-order valence-corrected chi connectivity index (χ3v) is 2.66. The molecule has 0 aliphatic carbocycles. The van der Waals surface area contributed by atoms with Crippen LogP contribution >= 0.6 is 0 Å². The minimum absolute atomic E-state index is 0.683. The van der Waals surface area contributed by atoms with E-state index >= 15 is 0 Å². The van der Waals surface area contributed by atoms with Gasteiger partial charge in [-0.2, -0.15) is 0 Å². The van der Waals surface area contributed by atoms with Gasteiger partial charge in [0.2, 0.25) is 0 Å². The zero-order valence-corrected chi connectivity index (χ0v) is 6.31. The lowest BCUT2D eigenvalue weighted by Crippen LogP contribution is -2.47. The van der Waals surface area contributed by atoms with Crippen molar-refractivity contribution in [2.24, 2.45) is 5.92 Å². The molecule has 2 fully saturated rings.